The lowest BCUT2D eigenvalue weighted by Gasteiger charge is -2.26. The van der Waals surface area contributed by atoms with Gasteiger partial charge in [-0.1, -0.05) is 29.2 Å². The summed E-state index contributed by atoms with van der Waals surface area (Å²) in [6.07, 6.45) is 6.45. The Balaban J connectivity index is 1.26. The van der Waals surface area contributed by atoms with E-state index >= 15 is 0 Å². The number of nitrogens with one attached hydrogen (secondary N) is 1. The number of amides is 2. The van der Waals surface area contributed by atoms with E-state index in [1.807, 2.05) is 17.0 Å². The zero-order chi connectivity index (χ0) is 20.1. The Hall–Kier alpha value is -2.59. The van der Waals surface area contributed by atoms with Crippen molar-refractivity contribution in [1.29, 1.82) is 0 Å². The molecule has 1 aromatic carbocycles. The van der Waals surface area contributed by atoms with Gasteiger partial charge in [0, 0.05) is 19.2 Å². The summed E-state index contributed by atoms with van der Waals surface area (Å²) >= 11 is 2.61. The number of likely N-dealkylation sites (tertiary alicyclic amines) is 1. The van der Waals surface area contributed by atoms with E-state index in [0.29, 0.717) is 26.7 Å². The number of piperidine rings is 1. The van der Waals surface area contributed by atoms with Crippen LogP contribution >= 0.6 is 23.1 Å². The van der Waals surface area contributed by atoms with E-state index in [4.69, 9.17) is 9.47 Å². The average Bonchev–Trinajstić information content (AvgIpc) is 3.40. The third-order valence-corrected chi connectivity index (χ3v) is 6.45. The van der Waals surface area contributed by atoms with E-state index in [-0.39, 0.29) is 18.6 Å². The fraction of sp³-hybridized carbons (Fsp3) is 0.368. The number of aromatic nitrogens is 2. The van der Waals surface area contributed by atoms with Crippen LogP contribution in [0, 0.1) is 0 Å². The Bertz CT molecular complexity index is 925. The van der Waals surface area contributed by atoms with Crippen molar-refractivity contribution in [1.82, 2.24) is 15.1 Å². The number of fused-ring (bicyclic) bond motifs is 1. The number of hydrogen-bond donors (Lipinski definition) is 1. The lowest BCUT2D eigenvalue weighted by atomic mass is 10.1. The maximum absolute atomic E-state index is 12.2. The molecular formula is C19H20N4O4S2. The number of thioether (sulfide) groups is 1. The molecule has 1 aromatic heterocycles. The second-order valence-corrected chi connectivity index (χ2v) is 8.74. The third kappa shape index (κ3) is 5.27. The first-order valence-corrected chi connectivity index (χ1v) is 11.1. The van der Waals surface area contributed by atoms with Crippen LogP contribution in [-0.4, -0.2) is 52.5 Å². The van der Waals surface area contributed by atoms with Gasteiger partial charge in [-0.15, -0.1) is 10.2 Å². The quantitative estimate of drug-likeness (QED) is 0.426. The first kappa shape index (κ1) is 19.7. The second kappa shape index (κ2) is 9.27. The monoisotopic (exact) mass is 432 g/mol. The summed E-state index contributed by atoms with van der Waals surface area (Å²) in [5, 5.41) is 11.1. The van der Waals surface area contributed by atoms with Gasteiger partial charge in [0.2, 0.25) is 23.7 Å². The molecule has 2 aliphatic heterocycles. The average molecular weight is 433 g/mol. The topological polar surface area (TPSA) is 93.6 Å². The summed E-state index contributed by atoms with van der Waals surface area (Å²) in [6, 6.07) is 5.46. The van der Waals surface area contributed by atoms with Crippen LogP contribution in [0.3, 0.4) is 0 Å². The minimum Gasteiger partial charge on any atom is -0.454 e. The number of nitrogens with zero attached hydrogens (tertiary/aromatic N) is 3. The smallest absolute Gasteiger partial charge is 0.250 e. The van der Waals surface area contributed by atoms with Gasteiger partial charge in [-0.2, -0.15) is 0 Å². The predicted molar refractivity (Wildman–Crippen MR) is 111 cm³/mol. The molecule has 0 atom stereocenters. The molecule has 0 bridgehead atoms. The standard InChI is InChI=1S/C19H20N4O4S2/c24-16(7-5-13-4-6-14-15(10-13)27-12-26-14)20-18-21-22-19(29-18)28-11-17(25)23-8-2-1-3-9-23/h4-7,10H,1-3,8-9,11-12H2,(H,20,21,24)/b7-5-. The molecule has 152 valence electrons. The van der Waals surface area contributed by atoms with Gasteiger partial charge in [-0.3, -0.25) is 14.9 Å². The maximum Gasteiger partial charge on any atom is 0.250 e. The first-order valence-electron chi connectivity index (χ1n) is 9.30. The van der Waals surface area contributed by atoms with Crippen LogP contribution < -0.4 is 14.8 Å². The molecule has 1 fully saturated rings. The number of carbonyl (C=O) groups is 2. The van der Waals surface area contributed by atoms with E-state index in [0.717, 1.165) is 31.5 Å². The second-order valence-electron chi connectivity index (χ2n) is 6.54. The summed E-state index contributed by atoms with van der Waals surface area (Å²) in [7, 11) is 0. The molecule has 3 heterocycles. The first-order chi connectivity index (χ1) is 14.2. The summed E-state index contributed by atoms with van der Waals surface area (Å²) in [5.41, 5.74) is 0.828. The molecule has 4 rings (SSSR count). The number of anilines is 1. The summed E-state index contributed by atoms with van der Waals surface area (Å²) in [5.74, 6) is 1.52. The minimum atomic E-state index is -0.306. The normalized spacial score (nSPS) is 15.7. The molecule has 0 aliphatic carbocycles. The number of benzene rings is 1. The maximum atomic E-state index is 12.2. The van der Waals surface area contributed by atoms with Crippen LogP contribution in [0.2, 0.25) is 0 Å². The van der Waals surface area contributed by atoms with Crippen LogP contribution in [0.1, 0.15) is 24.8 Å². The number of hydrogen-bond acceptors (Lipinski definition) is 8. The Morgan fingerprint density at radius 1 is 1.17 bits per heavy atom. The molecule has 1 N–H and O–H groups in total. The summed E-state index contributed by atoms with van der Waals surface area (Å²) in [6.45, 7) is 1.89. The lowest BCUT2D eigenvalue weighted by Crippen LogP contribution is -2.36. The summed E-state index contributed by atoms with van der Waals surface area (Å²) < 4.78 is 11.2. The molecule has 29 heavy (non-hydrogen) atoms. The van der Waals surface area contributed by atoms with Gasteiger partial charge in [0.15, 0.2) is 15.8 Å². The molecule has 10 heteroatoms. The minimum absolute atomic E-state index is 0.127. The van der Waals surface area contributed by atoms with Crippen LogP contribution in [0.4, 0.5) is 5.13 Å². The molecule has 1 saturated heterocycles. The van der Waals surface area contributed by atoms with Gasteiger partial charge in [-0.05, 0) is 43.0 Å². The van der Waals surface area contributed by atoms with Crippen LogP contribution in [0.15, 0.2) is 28.6 Å². The SMILES string of the molecule is O=C(/C=C\c1ccc2c(c1)OCO2)Nc1nnc(SCC(=O)N2CCCCC2)s1. The molecule has 0 spiro atoms. The number of rotatable bonds is 6. The molecule has 2 amide bonds. The molecule has 2 aromatic rings. The van der Waals surface area contributed by atoms with Crippen molar-refractivity contribution in [2.75, 3.05) is 31.0 Å². The lowest BCUT2D eigenvalue weighted by molar-refractivity contribution is -0.129. The van der Waals surface area contributed by atoms with Gasteiger partial charge in [0.25, 0.3) is 0 Å². The fourth-order valence-electron chi connectivity index (χ4n) is 3.01. The molecule has 0 radical (unpaired) electrons. The van der Waals surface area contributed by atoms with Crippen molar-refractivity contribution < 1.29 is 19.1 Å². The van der Waals surface area contributed by atoms with Gasteiger partial charge in [0.1, 0.15) is 0 Å². The number of carbonyl (C=O) groups excluding carboxylic acids is 2. The highest BCUT2D eigenvalue weighted by Gasteiger charge is 2.17. The molecule has 8 nitrogen and oxygen atoms in total. The van der Waals surface area contributed by atoms with Crippen molar-refractivity contribution in [3.8, 4) is 11.5 Å². The number of ether oxygens (including phenoxy) is 2. The Morgan fingerprint density at radius 2 is 2.00 bits per heavy atom. The molecule has 2 aliphatic rings. The van der Waals surface area contributed by atoms with E-state index in [2.05, 4.69) is 15.5 Å². The molecular weight excluding hydrogens is 412 g/mol. The predicted octanol–water partition coefficient (Wildman–Crippen LogP) is 3.02. The zero-order valence-electron chi connectivity index (χ0n) is 15.6. The third-order valence-electron chi connectivity index (χ3n) is 4.49. The van der Waals surface area contributed by atoms with Crippen molar-refractivity contribution in [3.63, 3.8) is 0 Å². The molecule has 0 saturated carbocycles. The highest BCUT2D eigenvalue weighted by atomic mass is 32.2. The largest absolute Gasteiger partial charge is 0.454 e. The van der Waals surface area contributed by atoms with Crippen molar-refractivity contribution in [2.24, 2.45) is 0 Å². The van der Waals surface area contributed by atoms with Crippen molar-refractivity contribution in [3.05, 3.63) is 29.8 Å². The van der Waals surface area contributed by atoms with E-state index in [1.54, 1.807) is 12.1 Å². The fourth-order valence-corrected chi connectivity index (χ4v) is 4.67. The van der Waals surface area contributed by atoms with Gasteiger partial charge in [0.05, 0.1) is 5.75 Å². The Kier molecular flexibility index (Phi) is 6.30. The Labute approximate surface area is 176 Å². The van der Waals surface area contributed by atoms with Crippen molar-refractivity contribution in [2.45, 2.75) is 23.6 Å². The van der Waals surface area contributed by atoms with Crippen LogP contribution in [0.5, 0.6) is 11.5 Å². The summed E-state index contributed by atoms with van der Waals surface area (Å²) in [4.78, 5) is 26.2. The Morgan fingerprint density at radius 3 is 2.86 bits per heavy atom. The van der Waals surface area contributed by atoms with E-state index < -0.39 is 0 Å². The highest BCUT2D eigenvalue weighted by molar-refractivity contribution is 8.01. The van der Waals surface area contributed by atoms with E-state index in [1.165, 1.54) is 35.6 Å². The highest BCUT2D eigenvalue weighted by Crippen LogP contribution is 2.32. The van der Waals surface area contributed by atoms with Crippen LogP contribution in [-0.2, 0) is 9.59 Å². The van der Waals surface area contributed by atoms with E-state index in [9.17, 15) is 9.59 Å². The van der Waals surface area contributed by atoms with Crippen molar-refractivity contribution >= 4 is 46.1 Å². The van der Waals surface area contributed by atoms with Crippen LogP contribution in [0.25, 0.3) is 6.08 Å². The zero-order valence-corrected chi connectivity index (χ0v) is 17.3. The van der Waals surface area contributed by atoms with Gasteiger partial charge >= 0.3 is 0 Å². The van der Waals surface area contributed by atoms with Gasteiger partial charge < -0.3 is 14.4 Å². The van der Waals surface area contributed by atoms with Gasteiger partial charge in [-0.25, -0.2) is 0 Å². The molecule has 0 unspecified atom stereocenters.